The second-order valence-corrected chi connectivity index (χ2v) is 1.13. The molecular formula is H6ClNO5. The molecule has 0 atom stereocenters. The first-order valence-corrected chi connectivity index (χ1v) is 1.85. The van der Waals surface area contributed by atoms with E-state index in [9.17, 15) is 0 Å². The first kappa shape index (κ1) is 15.7. The summed E-state index contributed by atoms with van der Waals surface area (Å²) < 4.78 is 34.0. The molecule has 48 valence electrons. The molecule has 0 heterocycles. The van der Waals surface area contributed by atoms with Crippen LogP contribution < -0.4 is 24.8 Å². The molecule has 0 bridgehead atoms. The summed E-state index contributed by atoms with van der Waals surface area (Å²) in [6.07, 6.45) is 0. The Kier molecular flexibility index (Phi) is 9.47. The van der Waals surface area contributed by atoms with Crippen molar-refractivity contribution >= 4 is 0 Å². The third-order valence-electron chi connectivity index (χ3n) is 0. The molecule has 0 aliphatic carbocycles. The van der Waals surface area contributed by atoms with Gasteiger partial charge in [0.1, 0.15) is 0 Å². The van der Waals surface area contributed by atoms with Gasteiger partial charge in [-0.3, -0.25) is 0 Å². The van der Waals surface area contributed by atoms with Crippen LogP contribution in [0.2, 0.25) is 0 Å². The van der Waals surface area contributed by atoms with E-state index in [1.165, 1.54) is 0 Å². The molecule has 0 fully saturated rings. The lowest BCUT2D eigenvalue weighted by Crippen LogP contribution is -2.68. The van der Waals surface area contributed by atoms with Crippen molar-refractivity contribution in [1.29, 1.82) is 0 Å². The van der Waals surface area contributed by atoms with Gasteiger partial charge in [-0.05, 0) is 0 Å². The molecule has 0 saturated heterocycles. The number of rotatable bonds is 0. The number of hydrogen-bond donors (Lipinski definition) is 1. The SMILES string of the molecule is O.[NH4+].[O-][Cl+3]([O-])([O-])[O-]. The molecular weight excluding hydrogens is 129 g/mol. The van der Waals surface area contributed by atoms with E-state index in [1.807, 2.05) is 0 Å². The van der Waals surface area contributed by atoms with Gasteiger partial charge in [0.2, 0.25) is 0 Å². The van der Waals surface area contributed by atoms with Crippen LogP contribution in [0.3, 0.4) is 0 Å². The lowest BCUT2D eigenvalue weighted by atomic mass is 14.0. The molecule has 0 aromatic carbocycles. The van der Waals surface area contributed by atoms with Gasteiger partial charge in [-0.2, -0.15) is 0 Å². The van der Waals surface area contributed by atoms with Crippen LogP contribution in [0.25, 0.3) is 0 Å². The van der Waals surface area contributed by atoms with Crippen LogP contribution in [0, 0.1) is 10.2 Å². The predicted octanol–water partition coefficient (Wildman–Crippen LogP) is -5.20. The highest BCUT2D eigenvalue weighted by atomic mass is 35.7. The van der Waals surface area contributed by atoms with Gasteiger partial charge >= 0.3 is 0 Å². The molecule has 7 heavy (non-hydrogen) atoms. The fourth-order valence-electron chi connectivity index (χ4n) is 0. The van der Waals surface area contributed by atoms with Gasteiger partial charge in [0.05, 0.1) is 0 Å². The molecule has 0 aromatic rings. The lowest BCUT2D eigenvalue weighted by molar-refractivity contribution is -2.00. The Hall–Kier alpha value is 0.0500. The molecule has 0 saturated carbocycles. The zero-order chi connectivity index (χ0) is 4.50. The molecule has 0 aliphatic heterocycles. The lowest BCUT2D eigenvalue weighted by Gasteiger charge is -2.17. The third-order valence-corrected chi connectivity index (χ3v) is 0. The topological polar surface area (TPSA) is 160 Å². The quantitative estimate of drug-likeness (QED) is 0.351. The van der Waals surface area contributed by atoms with Crippen LogP contribution in [-0.2, 0) is 0 Å². The van der Waals surface area contributed by atoms with E-state index in [-0.39, 0.29) is 11.6 Å². The summed E-state index contributed by atoms with van der Waals surface area (Å²) in [6.45, 7) is 0. The van der Waals surface area contributed by atoms with Gasteiger partial charge in [-0.1, -0.05) is 0 Å². The van der Waals surface area contributed by atoms with Gasteiger partial charge in [0, 0.05) is 0 Å². The number of hydrogen-bond acceptors (Lipinski definition) is 4. The van der Waals surface area contributed by atoms with Crippen molar-refractivity contribution in [2.24, 2.45) is 0 Å². The maximum atomic E-state index is 8.49. The molecule has 0 amide bonds. The van der Waals surface area contributed by atoms with E-state index in [2.05, 4.69) is 0 Å². The zero-order valence-electron chi connectivity index (χ0n) is 3.51. The Morgan fingerprint density at radius 2 is 0.857 bits per heavy atom. The predicted molar refractivity (Wildman–Crippen MR) is 9.60 cm³/mol. The third kappa shape index (κ3) is 39700. The molecule has 7 heteroatoms. The fraction of sp³-hybridized carbons (Fsp3) is 0. The first-order valence-electron chi connectivity index (χ1n) is 0.617. The van der Waals surface area contributed by atoms with E-state index in [4.69, 9.17) is 18.6 Å². The van der Waals surface area contributed by atoms with E-state index in [1.54, 1.807) is 0 Å². The Morgan fingerprint density at radius 1 is 0.857 bits per heavy atom. The Bertz CT molecular complexity index is 23.6. The Morgan fingerprint density at radius 3 is 0.857 bits per heavy atom. The van der Waals surface area contributed by atoms with E-state index in [0.717, 1.165) is 0 Å². The fourth-order valence-corrected chi connectivity index (χ4v) is 0. The van der Waals surface area contributed by atoms with Crippen molar-refractivity contribution in [3.63, 3.8) is 0 Å². The Balaban J connectivity index is -0.0000000800. The molecule has 0 aromatic heterocycles. The molecule has 6 nitrogen and oxygen atoms in total. The minimum atomic E-state index is -4.94. The van der Waals surface area contributed by atoms with Gasteiger partial charge in [0.15, 0.2) is 0 Å². The van der Waals surface area contributed by atoms with Gasteiger partial charge in [0.25, 0.3) is 0 Å². The average Bonchev–Trinajstić information content (AvgIpc) is 0.722. The van der Waals surface area contributed by atoms with Gasteiger partial charge in [-0.15, -0.1) is 10.2 Å². The van der Waals surface area contributed by atoms with Gasteiger partial charge in [-0.25, -0.2) is 18.6 Å². The van der Waals surface area contributed by atoms with Gasteiger partial charge < -0.3 is 11.6 Å². The van der Waals surface area contributed by atoms with Crippen molar-refractivity contribution < 1.29 is 34.4 Å². The molecule has 0 aliphatic rings. The highest BCUT2D eigenvalue weighted by Crippen LogP contribution is 1.49. The maximum Gasteiger partial charge on any atom is -0.112 e. The van der Waals surface area contributed by atoms with Crippen LogP contribution in [0.15, 0.2) is 0 Å². The second-order valence-electron chi connectivity index (χ2n) is 0.378. The standard InChI is InChI=1S/ClHO4.H3N.H2O/c2-1(3,4)5;;/h(H,2,3,4,5);1H3;1H2. The van der Waals surface area contributed by atoms with Crippen LogP contribution >= 0.6 is 0 Å². The average molecular weight is 136 g/mol. The first-order chi connectivity index (χ1) is 2.00. The Labute approximate surface area is 41.6 Å². The summed E-state index contributed by atoms with van der Waals surface area (Å²) in [5.74, 6) is 0. The molecule has 0 rings (SSSR count). The van der Waals surface area contributed by atoms with Crippen LogP contribution in [0.5, 0.6) is 0 Å². The largest absolute Gasteiger partial charge is 0.412 e. The van der Waals surface area contributed by atoms with Crippen LogP contribution in [0.1, 0.15) is 0 Å². The molecule has 0 unspecified atom stereocenters. The molecule has 0 spiro atoms. The molecule has 6 N–H and O–H groups in total. The summed E-state index contributed by atoms with van der Waals surface area (Å²) in [7, 11) is -4.94. The zero-order valence-corrected chi connectivity index (χ0v) is 4.27. The van der Waals surface area contributed by atoms with Crippen molar-refractivity contribution in [1.82, 2.24) is 6.15 Å². The normalized spacial score (nSPS) is 8.57. The second kappa shape index (κ2) is 4.22. The smallest absolute Gasteiger partial charge is 0.112 e. The van der Waals surface area contributed by atoms with E-state index >= 15 is 0 Å². The van der Waals surface area contributed by atoms with Crippen LogP contribution in [0.4, 0.5) is 0 Å². The number of quaternary nitrogens is 1. The van der Waals surface area contributed by atoms with E-state index < -0.39 is 10.2 Å². The van der Waals surface area contributed by atoms with Crippen molar-refractivity contribution in [2.75, 3.05) is 0 Å². The number of halogens is 1. The molecule has 0 radical (unpaired) electrons. The maximum absolute atomic E-state index is 8.49. The summed E-state index contributed by atoms with van der Waals surface area (Å²) in [5, 5.41) is 0. The minimum Gasteiger partial charge on any atom is -0.412 e. The van der Waals surface area contributed by atoms with Crippen molar-refractivity contribution in [3.05, 3.63) is 0 Å². The minimum absolute atomic E-state index is 0. The highest BCUT2D eigenvalue weighted by molar-refractivity contribution is 2.13. The van der Waals surface area contributed by atoms with E-state index in [0.29, 0.717) is 0 Å². The summed E-state index contributed by atoms with van der Waals surface area (Å²) >= 11 is 0. The summed E-state index contributed by atoms with van der Waals surface area (Å²) in [5.41, 5.74) is 0. The summed E-state index contributed by atoms with van der Waals surface area (Å²) in [4.78, 5) is 0. The monoisotopic (exact) mass is 135 g/mol. The van der Waals surface area contributed by atoms with Crippen LogP contribution in [-0.4, -0.2) is 5.48 Å². The summed E-state index contributed by atoms with van der Waals surface area (Å²) in [6, 6.07) is 0. The highest BCUT2D eigenvalue weighted by Gasteiger charge is 1.84. The van der Waals surface area contributed by atoms with Crippen molar-refractivity contribution in [3.8, 4) is 0 Å². The van der Waals surface area contributed by atoms with Crippen molar-refractivity contribution in [2.45, 2.75) is 0 Å².